The number of phosphoric acid groups is 1. The Balaban J connectivity index is 3.66. The molecule has 0 bridgehead atoms. The van der Waals surface area contributed by atoms with Crippen LogP contribution in [-0.2, 0) is 18.9 Å². The Labute approximate surface area is 56.2 Å². The predicted octanol–water partition coefficient (Wildman–Crippen LogP) is -0.260. The van der Waals surface area contributed by atoms with E-state index in [2.05, 4.69) is 16.1 Å². The third kappa shape index (κ3) is 5.46. The molecule has 0 aliphatic carbocycles. The Hall–Kier alpha value is -0.680. The summed E-state index contributed by atoms with van der Waals surface area (Å²) in [4.78, 5) is 29.5. The average Bonchev–Trinajstić information content (AvgIpc) is 1.81. The largest absolute Gasteiger partial charge is 0.505 e. The highest BCUT2D eigenvalue weighted by molar-refractivity contribution is 7.46. The van der Waals surface area contributed by atoms with Gasteiger partial charge >= 0.3 is 13.8 Å². The summed E-state index contributed by atoms with van der Waals surface area (Å²) < 4.78 is 13.1. The number of hydrogen-bond donors (Lipinski definition) is 2. The van der Waals surface area contributed by atoms with Crippen molar-refractivity contribution in [1.29, 1.82) is 0 Å². The summed E-state index contributed by atoms with van der Waals surface area (Å²) in [6.07, 6.45) is 0.704. The summed E-state index contributed by atoms with van der Waals surface area (Å²) in [5.41, 5.74) is 0. The molecule has 2 N–H and O–H groups in total. The summed E-state index contributed by atoms with van der Waals surface area (Å²) >= 11 is 0. The van der Waals surface area contributed by atoms with E-state index in [1.165, 1.54) is 0 Å². The first kappa shape index (κ1) is 9.32. The molecule has 0 saturated carbocycles. The van der Waals surface area contributed by atoms with Gasteiger partial charge in [0.05, 0.1) is 0 Å². The van der Waals surface area contributed by atoms with Crippen molar-refractivity contribution < 1.29 is 28.7 Å². The first-order valence-electron chi connectivity index (χ1n) is 2.04. The Kier molecular flexibility index (Phi) is 3.24. The first-order valence-corrected chi connectivity index (χ1v) is 3.57. The Morgan fingerprint density at radius 2 is 2.10 bits per heavy atom. The highest BCUT2D eigenvalue weighted by Crippen LogP contribution is 2.35. The summed E-state index contributed by atoms with van der Waals surface area (Å²) in [7, 11) is -4.72. The lowest BCUT2D eigenvalue weighted by molar-refractivity contribution is -0.216. The molecule has 0 unspecified atom stereocenters. The zero-order chi connectivity index (χ0) is 8.20. The van der Waals surface area contributed by atoms with E-state index in [1.807, 2.05) is 0 Å². The Morgan fingerprint density at radius 3 is 2.40 bits per heavy atom. The van der Waals surface area contributed by atoms with Gasteiger partial charge in [-0.05, 0) is 0 Å². The van der Waals surface area contributed by atoms with Gasteiger partial charge in [-0.1, -0.05) is 11.3 Å². The first-order chi connectivity index (χ1) is 4.45. The van der Waals surface area contributed by atoms with E-state index in [4.69, 9.17) is 9.79 Å². The van der Waals surface area contributed by atoms with Crippen LogP contribution in [0.25, 0.3) is 0 Å². The number of rotatable bonds is 3. The molecule has 0 radical (unpaired) electrons. The molecule has 0 aromatic carbocycles. The monoisotopic (exact) mass is 168 g/mol. The van der Waals surface area contributed by atoms with Crippen LogP contribution in [0, 0.1) is 0 Å². The van der Waals surface area contributed by atoms with Gasteiger partial charge < -0.3 is 9.79 Å². The third-order valence-electron chi connectivity index (χ3n) is 0.383. The fraction of sp³-hybridized carbons (Fsp3) is 0. The maximum absolute atomic E-state index is 10.0. The van der Waals surface area contributed by atoms with Gasteiger partial charge in [0.2, 0.25) is 0 Å². The van der Waals surface area contributed by atoms with Gasteiger partial charge in [-0.3, -0.25) is 4.89 Å². The zero-order valence-electron chi connectivity index (χ0n) is 4.76. The molecule has 0 aromatic heterocycles. The molecule has 0 aliphatic rings. The van der Waals surface area contributed by atoms with Gasteiger partial charge in [0.25, 0.3) is 0 Å². The van der Waals surface area contributed by atoms with E-state index in [9.17, 15) is 9.36 Å². The number of hydrogen-bond acceptors (Lipinski definition) is 4. The number of carbonyl (C=O) groups excluding carboxylic acids is 1. The summed E-state index contributed by atoms with van der Waals surface area (Å²) in [6.45, 7) is 2.95. The highest BCUT2D eigenvalue weighted by Gasteiger charge is 2.17. The molecular weight excluding hydrogens is 163 g/mol. The molecule has 0 aromatic rings. The van der Waals surface area contributed by atoms with E-state index in [-0.39, 0.29) is 0 Å². The molecule has 0 saturated heterocycles. The smallest absolute Gasteiger partial charge is 0.301 e. The van der Waals surface area contributed by atoms with Crippen LogP contribution in [0.4, 0.5) is 0 Å². The van der Waals surface area contributed by atoms with Crippen LogP contribution >= 0.6 is 7.82 Å². The fourth-order valence-electron chi connectivity index (χ4n) is 0.119. The van der Waals surface area contributed by atoms with Gasteiger partial charge in [-0.25, -0.2) is 9.36 Å². The minimum Gasteiger partial charge on any atom is -0.301 e. The van der Waals surface area contributed by atoms with Crippen LogP contribution in [-0.4, -0.2) is 15.8 Å². The lowest BCUT2D eigenvalue weighted by Gasteiger charge is -1.99. The van der Waals surface area contributed by atoms with Gasteiger partial charge in [-0.15, -0.1) is 0 Å². The van der Waals surface area contributed by atoms with Crippen molar-refractivity contribution in [3.8, 4) is 0 Å². The van der Waals surface area contributed by atoms with Crippen LogP contribution in [0.1, 0.15) is 0 Å². The van der Waals surface area contributed by atoms with Crippen LogP contribution in [0.2, 0.25) is 0 Å². The molecular formula is C3H5O6P. The standard InChI is InChI=1S/C3H5O6P/c1-2-3(4)8-9-10(5,6)7/h2H,1H2,(H2,5,6,7). The molecule has 10 heavy (non-hydrogen) atoms. The van der Waals surface area contributed by atoms with Crippen molar-refractivity contribution in [3.05, 3.63) is 12.7 Å². The highest BCUT2D eigenvalue weighted by atomic mass is 31.2. The van der Waals surface area contributed by atoms with Gasteiger partial charge in [0, 0.05) is 6.08 Å². The molecule has 0 rings (SSSR count). The zero-order valence-corrected chi connectivity index (χ0v) is 5.65. The predicted molar refractivity (Wildman–Crippen MR) is 29.4 cm³/mol. The summed E-state index contributed by atoms with van der Waals surface area (Å²) in [6, 6.07) is 0. The lowest BCUT2D eigenvalue weighted by atomic mass is 10.7. The quantitative estimate of drug-likeness (QED) is 0.261. The molecule has 6 nitrogen and oxygen atoms in total. The molecule has 0 atom stereocenters. The van der Waals surface area contributed by atoms with Crippen molar-refractivity contribution in [2.45, 2.75) is 0 Å². The van der Waals surface area contributed by atoms with Crippen molar-refractivity contribution in [2.75, 3.05) is 0 Å². The van der Waals surface area contributed by atoms with E-state index in [1.54, 1.807) is 0 Å². The molecule has 0 fully saturated rings. The van der Waals surface area contributed by atoms with E-state index in [0.29, 0.717) is 6.08 Å². The summed E-state index contributed by atoms with van der Waals surface area (Å²) in [5, 5.41) is 0. The number of carbonyl (C=O) groups is 1. The lowest BCUT2D eigenvalue weighted by Crippen LogP contribution is -1.99. The van der Waals surface area contributed by atoms with Crippen LogP contribution in [0.15, 0.2) is 12.7 Å². The van der Waals surface area contributed by atoms with E-state index >= 15 is 0 Å². The van der Waals surface area contributed by atoms with Crippen LogP contribution in [0.3, 0.4) is 0 Å². The maximum Gasteiger partial charge on any atom is 0.505 e. The van der Waals surface area contributed by atoms with Crippen molar-refractivity contribution >= 4 is 13.8 Å². The maximum atomic E-state index is 10.0. The second-order valence-electron chi connectivity index (χ2n) is 1.17. The molecule has 7 heteroatoms. The van der Waals surface area contributed by atoms with E-state index < -0.39 is 13.8 Å². The molecule has 0 spiro atoms. The van der Waals surface area contributed by atoms with Gasteiger partial charge in [0.1, 0.15) is 0 Å². The average molecular weight is 168 g/mol. The molecule has 0 heterocycles. The summed E-state index contributed by atoms with van der Waals surface area (Å²) in [5.74, 6) is -1.07. The Morgan fingerprint density at radius 1 is 1.60 bits per heavy atom. The van der Waals surface area contributed by atoms with Crippen molar-refractivity contribution in [1.82, 2.24) is 0 Å². The van der Waals surface area contributed by atoms with Crippen molar-refractivity contribution in [2.24, 2.45) is 0 Å². The van der Waals surface area contributed by atoms with Crippen molar-refractivity contribution in [3.63, 3.8) is 0 Å². The van der Waals surface area contributed by atoms with Crippen LogP contribution in [0.5, 0.6) is 0 Å². The molecule has 0 amide bonds. The third-order valence-corrected chi connectivity index (χ3v) is 0.652. The normalized spacial score (nSPS) is 10.6. The second-order valence-corrected chi connectivity index (χ2v) is 2.30. The SMILES string of the molecule is C=CC(=O)OOP(=O)(O)O. The van der Waals surface area contributed by atoms with E-state index in [0.717, 1.165) is 0 Å². The topological polar surface area (TPSA) is 93.1 Å². The van der Waals surface area contributed by atoms with Gasteiger partial charge in [0.15, 0.2) is 0 Å². The Bertz CT molecular complexity index is 179. The van der Waals surface area contributed by atoms with Crippen LogP contribution < -0.4 is 0 Å². The second kappa shape index (κ2) is 3.48. The molecule has 58 valence electrons. The fourth-order valence-corrected chi connectivity index (χ4v) is 0.290. The minimum atomic E-state index is -4.72. The minimum absolute atomic E-state index is 0.704. The molecule has 0 aliphatic heterocycles. The van der Waals surface area contributed by atoms with Gasteiger partial charge in [-0.2, -0.15) is 0 Å².